The number of carbonyl (C=O) groups excluding carboxylic acids is 1. The zero-order chi connectivity index (χ0) is 24.0. The molecule has 8 heteroatoms. The van der Waals surface area contributed by atoms with Crippen LogP contribution in [0, 0.1) is 6.92 Å². The van der Waals surface area contributed by atoms with E-state index in [1.54, 1.807) is 43.3 Å². The summed E-state index contributed by atoms with van der Waals surface area (Å²) in [6.45, 7) is 5.45. The maximum absolute atomic E-state index is 13.4. The molecular formula is C25H27ClN2O4S. The molecule has 0 radical (unpaired) electrons. The second-order valence-electron chi connectivity index (χ2n) is 7.80. The van der Waals surface area contributed by atoms with Crippen molar-refractivity contribution in [3.63, 3.8) is 0 Å². The summed E-state index contributed by atoms with van der Waals surface area (Å²) in [7, 11) is -4.00. The normalized spacial score (nSPS) is 11.3. The molecule has 0 atom stereocenters. The van der Waals surface area contributed by atoms with Crippen LogP contribution in [0.1, 0.15) is 25.0 Å². The van der Waals surface area contributed by atoms with E-state index in [1.165, 1.54) is 12.1 Å². The highest BCUT2D eigenvalue weighted by atomic mass is 35.5. The zero-order valence-electron chi connectivity index (χ0n) is 18.8. The Hall–Kier alpha value is -3.03. The first-order valence-corrected chi connectivity index (χ1v) is 12.4. The fourth-order valence-electron chi connectivity index (χ4n) is 3.27. The van der Waals surface area contributed by atoms with Crippen molar-refractivity contribution < 1.29 is 17.9 Å². The Labute approximate surface area is 200 Å². The zero-order valence-corrected chi connectivity index (χ0v) is 20.4. The molecule has 3 aromatic rings. The molecule has 33 heavy (non-hydrogen) atoms. The van der Waals surface area contributed by atoms with E-state index in [1.807, 2.05) is 38.1 Å². The van der Waals surface area contributed by atoms with Crippen LogP contribution in [0.4, 0.5) is 5.69 Å². The van der Waals surface area contributed by atoms with Crippen molar-refractivity contribution in [1.29, 1.82) is 0 Å². The van der Waals surface area contributed by atoms with E-state index in [0.717, 1.165) is 9.87 Å². The van der Waals surface area contributed by atoms with Crippen LogP contribution in [0.25, 0.3) is 0 Å². The predicted octanol–water partition coefficient (Wildman–Crippen LogP) is 4.95. The van der Waals surface area contributed by atoms with Crippen LogP contribution in [-0.2, 0) is 21.4 Å². The molecular weight excluding hydrogens is 460 g/mol. The summed E-state index contributed by atoms with van der Waals surface area (Å²) in [4.78, 5) is 12.9. The highest BCUT2D eigenvalue weighted by Gasteiger charge is 2.28. The summed E-state index contributed by atoms with van der Waals surface area (Å²) in [5, 5.41) is 3.22. The molecule has 0 saturated carbocycles. The van der Waals surface area contributed by atoms with E-state index >= 15 is 0 Å². The third-order valence-electron chi connectivity index (χ3n) is 4.89. The Morgan fingerprint density at radius 1 is 1.03 bits per heavy atom. The van der Waals surface area contributed by atoms with Gasteiger partial charge in [0.2, 0.25) is 5.91 Å². The molecule has 0 aliphatic heterocycles. The van der Waals surface area contributed by atoms with Gasteiger partial charge in [0.15, 0.2) is 0 Å². The van der Waals surface area contributed by atoms with E-state index in [-0.39, 0.29) is 24.1 Å². The average Bonchev–Trinajstić information content (AvgIpc) is 2.78. The Balaban J connectivity index is 1.83. The van der Waals surface area contributed by atoms with Crippen LogP contribution < -0.4 is 14.4 Å². The minimum atomic E-state index is -4.00. The number of hydrogen-bond acceptors (Lipinski definition) is 4. The van der Waals surface area contributed by atoms with Crippen molar-refractivity contribution in [2.24, 2.45) is 0 Å². The van der Waals surface area contributed by atoms with Gasteiger partial charge in [-0.2, -0.15) is 0 Å². The van der Waals surface area contributed by atoms with Crippen molar-refractivity contribution in [3.05, 3.63) is 88.9 Å². The number of ether oxygens (including phenoxy) is 1. The molecule has 174 valence electrons. The van der Waals surface area contributed by atoms with E-state index in [0.29, 0.717) is 22.0 Å². The van der Waals surface area contributed by atoms with E-state index in [9.17, 15) is 13.2 Å². The molecule has 3 aromatic carbocycles. The average molecular weight is 487 g/mol. The summed E-state index contributed by atoms with van der Waals surface area (Å²) < 4.78 is 33.7. The van der Waals surface area contributed by atoms with Crippen molar-refractivity contribution in [3.8, 4) is 5.75 Å². The van der Waals surface area contributed by atoms with Crippen molar-refractivity contribution in [2.45, 2.75) is 38.3 Å². The van der Waals surface area contributed by atoms with Crippen molar-refractivity contribution in [1.82, 2.24) is 5.32 Å². The molecule has 1 amide bonds. The summed E-state index contributed by atoms with van der Waals surface area (Å²) >= 11 is 6.25. The number of nitrogens with zero attached hydrogens (tertiary/aromatic N) is 1. The molecule has 6 nitrogen and oxygen atoms in total. The molecule has 3 rings (SSSR count). The Bertz CT molecular complexity index is 1210. The Morgan fingerprint density at radius 2 is 1.73 bits per heavy atom. The van der Waals surface area contributed by atoms with Crippen LogP contribution in [0.5, 0.6) is 5.75 Å². The molecule has 0 fully saturated rings. The lowest BCUT2D eigenvalue weighted by atomic mass is 10.2. The first-order valence-electron chi connectivity index (χ1n) is 10.5. The van der Waals surface area contributed by atoms with E-state index in [2.05, 4.69) is 5.32 Å². The number of amides is 1. The fraction of sp³-hybridized carbons (Fsp3) is 0.240. The molecule has 0 aliphatic carbocycles. The Kier molecular flexibility index (Phi) is 8.00. The maximum Gasteiger partial charge on any atom is 0.264 e. The highest BCUT2D eigenvalue weighted by molar-refractivity contribution is 7.92. The van der Waals surface area contributed by atoms with Gasteiger partial charge in [-0.3, -0.25) is 9.10 Å². The van der Waals surface area contributed by atoms with Gasteiger partial charge < -0.3 is 10.1 Å². The number of halogens is 1. The molecule has 0 saturated heterocycles. The number of sulfonamides is 1. The predicted molar refractivity (Wildman–Crippen MR) is 131 cm³/mol. The van der Waals surface area contributed by atoms with Crippen LogP contribution in [0.3, 0.4) is 0 Å². The van der Waals surface area contributed by atoms with E-state index < -0.39 is 15.9 Å². The number of carbonyl (C=O) groups is 1. The summed E-state index contributed by atoms with van der Waals surface area (Å²) in [5.41, 5.74) is 1.77. The molecule has 0 aromatic heterocycles. The minimum Gasteiger partial charge on any atom is -0.491 e. The summed E-state index contributed by atoms with van der Waals surface area (Å²) in [5.74, 6) is 0.267. The standard InChI is InChI=1S/C25H27ClN2O4S/c1-18(2)32-21-10-7-9-20(15-21)16-27-25(29)17-28(24-14-8-13-23(26)19(24)3)33(30,31)22-11-5-4-6-12-22/h4-15,18H,16-17H2,1-3H3,(H,27,29). The summed E-state index contributed by atoms with van der Waals surface area (Å²) in [6, 6.07) is 20.4. The van der Waals surface area contributed by atoms with Gasteiger partial charge in [-0.05, 0) is 68.3 Å². The maximum atomic E-state index is 13.4. The van der Waals surface area contributed by atoms with Gasteiger partial charge in [0, 0.05) is 11.6 Å². The van der Waals surface area contributed by atoms with Crippen molar-refractivity contribution >= 4 is 33.2 Å². The van der Waals surface area contributed by atoms with E-state index in [4.69, 9.17) is 16.3 Å². The molecule has 0 spiro atoms. The first kappa shape index (κ1) is 24.6. The third-order valence-corrected chi connectivity index (χ3v) is 7.07. The monoisotopic (exact) mass is 486 g/mol. The highest BCUT2D eigenvalue weighted by Crippen LogP contribution is 2.30. The molecule has 0 heterocycles. The number of rotatable bonds is 9. The fourth-order valence-corrected chi connectivity index (χ4v) is 4.94. The number of benzene rings is 3. The van der Waals surface area contributed by atoms with Crippen LogP contribution in [0.2, 0.25) is 5.02 Å². The van der Waals surface area contributed by atoms with Gasteiger partial charge >= 0.3 is 0 Å². The molecule has 1 N–H and O–H groups in total. The SMILES string of the molecule is Cc1c(Cl)cccc1N(CC(=O)NCc1cccc(OC(C)C)c1)S(=O)(=O)c1ccccc1. The largest absolute Gasteiger partial charge is 0.491 e. The van der Waals surface area contributed by atoms with Gasteiger partial charge in [0.1, 0.15) is 12.3 Å². The topological polar surface area (TPSA) is 75.7 Å². The summed E-state index contributed by atoms with van der Waals surface area (Å²) in [6.07, 6.45) is 0.0347. The van der Waals surface area contributed by atoms with Crippen molar-refractivity contribution in [2.75, 3.05) is 10.8 Å². The van der Waals surface area contributed by atoms with Crippen LogP contribution in [-0.4, -0.2) is 27.0 Å². The second kappa shape index (κ2) is 10.7. The molecule has 0 aliphatic rings. The smallest absolute Gasteiger partial charge is 0.264 e. The number of anilines is 1. The minimum absolute atomic E-state index is 0.0347. The van der Waals surface area contributed by atoms with Gasteiger partial charge in [-0.1, -0.05) is 48.0 Å². The number of nitrogens with one attached hydrogen (secondary N) is 1. The lowest BCUT2D eigenvalue weighted by Crippen LogP contribution is -2.41. The lowest BCUT2D eigenvalue weighted by molar-refractivity contribution is -0.119. The second-order valence-corrected chi connectivity index (χ2v) is 10.1. The van der Waals surface area contributed by atoms with Gasteiger partial charge in [0.05, 0.1) is 16.7 Å². The van der Waals surface area contributed by atoms with Gasteiger partial charge in [-0.25, -0.2) is 8.42 Å². The quantitative estimate of drug-likeness (QED) is 0.464. The van der Waals surface area contributed by atoms with Gasteiger partial charge in [-0.15, -0.1) is 0 Å². The van der Waals surface area contributed by atoms with Crippen LogP contribution in [0.15, 0.2) is 77.7 Å². The van der Waals surface area contributed by atoms with Crippen LogP contribution >= 0.6 is 11.6 Å². The Morgan fingerprint density at radius 3 is 2.42 bits per heavy atom. The third kappa shape index (κ3) is 6.27. The molecule has 0 bridgehead atoms. The number of hydrogen-bond donors (Lipinski definition) is 1. The first-order chi connectivity index (χ1) is 15.7. The lowest BCUT2D eigenvalue weighted by Gasteiger charge is -2.26. The molecule has 0 unspecified atom stereocenters. The van der Waals surface area contributed by atoms with Gasteiger partial charge in [0.25, 0.3) is 10.0 Å².